The van der Waals surface area contributed by atoms with Gasteiger partial charge in [-0.2, -0.15) is 0 Å². The molecule has 2 nitrogen and oxygen atoms in total. The second kappa shape index (κ2) is 8.54. The molecule has 0 fully saturated rings. The van der Waals surface area contributed by atoms with Crippen LogP contribution in [0.3, 0.4) is 0 Å². The van der Waals surface area contributed by atoms with Crippen molar-refractivity contribution in [1.82, 2.24) is 0 Å². The predicted octanol–water partition coefficient (Wildman–Crippen LogP) is 4.72. The number of unbranched alkanes of at least 4 members (excludes halogenated alkanes) is 2. The largest absolute Gasteiger partial charge is 0.496 e. The minimum Gasteiger partial charge on any atom is -0.496 e. The molecular formula is C14H21ClO2S. The molecule has 0 heterocycles. The van der Waals surface area contributed by atoms with Crippen LogP contribution in [0, 0.1) is 0 Å². The molecule has 1 rings (SSSR count). The number of ether oxygens (including phenoxy) is 2. The highest BCUT2D eigenvalue weighted by Gasteiger charge is 2.10. The molecule has 0 aliphatic heterocycles. The SMILES string of the molecule is CCCCCSc1cc(OC)c(CCl)cc1OC. The summed E-state index contributed by atoms with van der Waals surface area (Å²) in [7, 11) is 3.36. The lowest BCUT2D eigenvalue weighted by Crippen LogP contribution is -1.94. The molecule has 18 heavy (non-hydrogen) atoms. The summed E-state index contributed by atoms with van der Waals surface area (Å²) < 4.78 is 10.8. The monoisotopic (exact) mass is 288 g/mol. The maximum atomic E-state index is 5.90. The summed E-state index contributed by atoms with van der Waals surface area (Å²) in [5, 5.41) is 0. The van der Waals surface area contributed by atoms with Crippen molar-refractivity contribution in [2.24, 2.45) is 0 Å². The van der Waals surface area contributed by atoms with Crippen molar-refractivity contribution >= 4 is 23.4 Å². The van der Waals surface area contributed by atoms with Crippen molar-refractivity contribution in [3.8, 4) is 11.5 Å². The first kappa shape index (κ1) is 15.5. The molecule has 0 spiro atoms. The van der Waals surface area contributed by atoms with E-state index in [9.17, 15) is 0 Å². The van der Waals surface area contributed by atoms with E-state index in [4.69, 9.17) is 21.1 Å². The molecule has 0 aromatic heterocycles. The fraction of sp³-hybridized carbons (Fsp3) is 0.571. The third kappa shape index (κ3) is 4.29. The van der Waals surface area contributed by atoms with E-state index in [0.29, 0.717) is 5.88 Å². The van der Waals surface area contributed by atoms with Gasteiger partial charge in [-0.1, -0.05) is 19.8 Å². The van der Waals surface area contributed by atoms with Crippen LogP contribution in [0.4, 0.5) is 0 Å². The summed E-state index contributed by atoms with van der Waals surface area (Å²) in [6.45, 7) is 2.21. The molecule has 0 radical (unpaired) electrons. The van der Waals surface area contributed by atoms with Gasteiger partial charge in [0.2, 0.25) is 0 Å². The average Bonchev–Trinajstić information content (AvgIpc) is 2.42. The number of hydrogen-bond donors (Lipinski definition) is 0. The Labute approximate surface area is 119 Å². The smallest absolute Gasteiger partial charge is 0.133 e. The van der Waals surface area contributed by atoms with Gasteiger partial charge in [0, 0.05) is 5.56 Å². The third-order valence-electron chi connectivity index (χ3n) is 2.72. The quantitative estimate of drug-likeness (QED) is 0.392. The van der Waals surface area contributed by atoms with E-state index in [1.54, 1.807) is 14.2 Å². The van der Waals surface area contributed by atoms with E-state index < -0.39 is 0 Å². The molecule has 0 atom stereocenters. The van der Waals surface area contributed by atoms with Crippen LogP contribution in [0.1, 0.15) is 31.7 Å². The van der Waals surface area contributed by atoms with Gasteiger partial charge in [-0.15, -0.1) is 23.4 Å². The van der Waals surface area contributed by atoms with Gasteiger partial charge in [-0.25, -0.2) is 0 Å². The highest BCUT2D eigenvalue weighted by atomic mass is 35.5. The zero-order valence-corrected chi connectivity index (χ0v) is 12.9. The Morgan fingerprint density at radius 1 is 1.11 bits per heavy atom. The predicted molar refractivity (Wildman–Crippen MR) is 79.4 cm³/mol. The summed E-state index contributed by atoms with van der Waals surface area (Å²) in [6, 6.07) is 3.99. The summed E-state index contributed by atoms with van der Waals surface area (Å²) in [6.07, 6.45) is 3.74. The molecule has 0 bridgehead atoms. The zero-order chi connectivity index (χ0) is 13.4. The number of methoxy groups -OCH3 is 2. The Morgan fingerprint density at radius 2 is 1.83 bits per heavy atom. The third-order valence-corrected chi connectivity index (χ3v) is 4.13. The van der Waals surface area contributed by atoms with Crippen LogP contribution >= 0.6 is 23.4 Å². The van der Waals surface area contributed by atoms with Crippen molar-refractivity contribution in [2.45, 2.75) is 37.0 Å². The Hall–Kier alpha value is -0.540. The highest BCUT2D eigenvalue weighted by molar-refractivity contribution is 7.99. The first-order chi connectivity index (χ1) is 8.76. The Balaban J connectivity index is 2.81. The molecule has 0 saturated carbocycles. The van der Waals surface area contributed by atoms with Crippen LogP contribution in [-0.2, 0) is 5.88 Å². The first-order valence-corrected chi connectivity index (χ1v) is 7.72. The van der Waals surface area contributed by atoms with E-state index in [0.717, 1.165) is 27.7 Å². The lowest BCUT2D eigenvalue weighted by Gasteiger charge is -2.13. The normalized spacial score (nSPS) is 10.4. The number of hydrogen-bond acceptors (Lipinski definition) is 3. The van der Waals surface area contributed by atoms with Crippen molar-refractivity contribution in [1.29, 1.82) is 0 Å². The van der Waals surface area contributed by atoms with E-state index in [1.165, 1.54) is 19.3 Å². The van der Waals surface area contributed by atoms with Gasteiger partial charge >= 0.3 is 0 Å². The number of benzene rings is 1. The Kier molecular flexibility index (Phi) is 7.36. The molecule has 1 aromatic rings. The maximum Gasteiger partial charge on any atom is 0.133 e. The minimum atomic E-state index is 0.431. The van der Waals surface area contributed by atoms with Crippen LogP contribution < -0.4 is 9.47 Å². The number of halogens is 1. The molecule has 0 amide bonds. The molecule has 0 unspecified atom stereocenters. The molecule has 1 aromatic carbocycles. The van der Waals surface area contributed by atoms with E-state index in [-0.39, 0.29) is 0 Å². The molecular weight excluding hydrogens is 268 g/mol. The number of alkyl halides is 1. The van der Waals surface area contributed by atoms with Gasteiger partial charge in [0.25, 0.3) is 0 Å². The van der Waals surface area contributed by atoms with Gasteiger partial charge < -0.3 is 9.47 Å². The van der Waals surface area contributed by atoms with Crippen molar-refractivity contribution in [2.75, 3.05) is 20.0 Å². The van der Waals surface area contributed by atoms with E-state index in [1.807, 2.05) is 23.9 Å². The lowest BCUT2D eigenvalue weighted by atomic mass is 10.2. The standard InChI is InChI=1S/C14H21ClO2S/c1-4-5-6-7-18-14-9-12(16-2)11(10-15)8-13(14)17-3/h8-9H,4-7,10H2,1-3H3. The van der Waals surface area contributed by atoms with Crippen LogP contribution in [0.15, 0.2) is 17.0 Å². The molecule has 4 heteroatoms. The van der Waals surface area contributed by atoms with E-state index >= 15 is 0 Å². The van der Waals surface area contributed by atoms with Crippen molar-refractivity contribution in [3.05, 3.63) is 17.7 Å². The van der Waals surface area contributed by atoms with Crippen LogP contribution in [0.5, 0.6) is 11.5 Å². The van der Waals surface area contributed by atoms with Gasteiger partial charge in [0.1, 0.15) is 11.5 Å². The molecule has 102 valence electrons. The number of rotatable bonds is 8. The molecule has 0 aliphatic carbocycles. The first-order valence-electron chi connectivity index (χ1n) is 6.20. The second-order valence-corrected chi connectivity index (χ2v) is 5.41. The fourth-order valence-corrected chi connectivity index (χ4v) is 2.94. The average molecular weight is 289 g/mol. The van der Waals surface area contributed by atoms with Gasteiger partial charge in [0.15, 0.2) is 0 Å². The summed E-state index contributed by atoms with van der Waals surface area (Å²) in [5.41, 5.74) is 0.967. The molecule has 0 saturated heterocycles. The van der Waals surface area contributed by atoms with Crippen LogP contribution in [0.2, 0.25) is 0 Å². The second-order valence-electron chi connectivity index (χ2n) is 4.00. The summed E-state index contributed by atoms with van der Waals surface area (Å²) in [4.78, 5) is 1.12. The van der Waals surface area contributed by atoms with E-state index in [2.05, 4.69) is 6.92 Å². The highest BCUT2D eigenvalue weighted by Crippen LogP contribution is 2.36. The fourth-order valence-electron chi connectivity index (χ4n) is 1.68. The van der Waals surface area contributed by atoms with Gasteiger partial charge in [-0.05, 0) is 24.3 Å². The van der Waals surface area contributed by atoms with Crippen molar-refractivity contribution < 1.29 is 9.47 Å². The lowest BCUT2D eigenvalue weighted by molar-refractivity contribution is 0.391. The maximum absolute atomic E-state index is 5.90. The Morgan fingerprint density at radius 3 is 2.39 bits per heavy atom. The molecule has 0 N–H and O–H groups in total. The summed E-state index contributed by atoms with van der Waals surface area (Å²) >= 11 is 7.71. The summed E-state index contributed by atoms with van der Waals surface area (Å²) in [5.74, 6) is 3.25. The number of thioether (sulfide) groups is 1. The van der Waals surface area contributed by atoms with Crippen molar-refractivity contribution in [3.63, 3.8) is 0 Å². The topological polar surface area (TPSA) is 18.5 Å². The van der Waals surface area contributed by atoms with Crippen LogP contribution in [-0.4, -0.2) is 20.0 Å². The minimum absolute atomic E-state index is 0.431. The zero-order valence-electron chi connectivity index (χ0n) is 11.3. The Bertz CT molecular complexity index is 369. The molecule has 0 aliphatic rings. The van der Waals surface area contributed by atoms with Gasteiger partial charge in [-0.3, -0.25) is 0 Å². The van der Waals surface area contributed by atoms with Crippen LogP contribution in [0.25, 0.3) is 0 Å². The van der Waals surface area contributed by atoms with Gasteiger partial charge in [0.05, 0.1) is 25.0 Å².